The third kappa shape index (κ3) is 3.44. The van der Waals surface area contributed by atoms with Crippen molar-refractivity contribution in [2.75, 3.05) is 26.2 Å². The fourth-order valence-electron chi connectivity index (χ4n) is 4.05. The molecule has 23 heavy (non-hydrogen) atoms. The molecular weight excluding hydrogens is 288 g/mol. The normalized spacial score (nSPS) is 24.8. The maximum Gasteiger partial charge on any atom is 0.272 e. The van der Waals surface area contributed by atoms with Crippen molar-refractivity contribution in [1.82, 2.24) is 20.0 Å². The fourth-order valence-corrected chi connectivity index (χ4v) is 4.05. The maximum atomic E-state index is 13.0. The highest BCUT2D eigenvalue weighted by Gasteiger charge is 2.41. The molecule has 0 saturated carbocycles. The molecule has 0 unspecified atom stereocenters. The number of piperidine rings is 1. The lowest BCUT2D eigenvalue weighted by Crippen LogP contribution is -2.42. The van der Waals surface area contributed by atoms with Crippen LogP contribution in [0.3, 0.4) is 0 Å². The average molecular weight is 318 g/mol. The summed E-state index contributed by atoms with van der Waals surface area (Å²) in [6.07, 6.45) is 4.54. The quantitative estimate of drug-likeness (QED) is 0.927. The van der Waals surface area contributed by atoms with Crippen LogP contribution in [0.15, 0.2) is 6.07 Å². The number of aromatic nitrogens is 2. The van der Waals surface area contributed by atoms with Crippen LogP contribution < -0.4 is 5.32 Å². The largest absolute Gasteiger partial charge is 0.337 e. The van der Waals surface area contributed by atoms with E-state index in [0.29, 0.717) is 11.3 Å². The Morgan fingerprint density at radius 1 is 1.43 bits per heavy atom. The smallest absolute Gasteiger partial charge is 0.272 e. The highest BCUT2D eigenvalue weighted by atomic mass is 16.2. The van der Waals surface area contributed by atoms with Crippen molar-refractivity contribution in [2.24, 2.45) is 11.3 Å². The molecule has 1 aromatic heterocycles. The van der Waals surface area contributed by atoms with Crippen molar-refractivity contribution in [2.45, 2.75) is 53.0 Å². The first-order valence-electron chi connectivity index (χ1n) is 9.10. The van der Waals surface area contributed by atoms with Gasteiger partial charge >= 0.3 is 0 Å². The molecule has 0 bridgehead atoms. The van der Waals surface area contributed by atoms with Crippen LogP contribution in [0.1, 0.15) is 56.2 Å². The predicted molar refractivity (Wildman–Crippen MR) is 91.5 cm³/mol. The Balaban J connectivity index is 1.74. The Bertz CT molecular complexity index is 557. The molecule has 128 valence electrons. The molecule has 0 radical (unpaired) electrons. The Kier molecular flexibility index (Phi) is 4.76. The Hall–Kier alpha value is -1.36. The van der Waals surface area contributed by atoms with E-state index in [-0.39, 0.29) is 5.91 Å². The first-order chi connectivity index (χ1) is 11.0. The second kappa shape index (κ2) is 6.63. The van der Waals surface area contributed by atoms with E-state index in [2.05, 4.69) is 36.1 Å². The van der Waals surface area contributed by atoms with Gasteiger partial charge in [0.1, 0.15) is 5.69 Å². The molecule has 0 aliphatic carbocycles. The highest BCUT2D eigenvalue weighted by Crippen LogP contribution is 2.36. The van der Waals surface area contributed by atoms with Crippen LogP contribution in [0.5, 0.6) is 0 Å². The molecule has 2 fully saturated rings. The van der Waals surface area contributed by atoms with Gasteiger partial charge in [-0.3, -0.25) is 9.48 Å². The van der Waals surface area contributed by atoms with Crippen LogP contribution in [-0.4, -0.2) is 46.8 Å². The van der Waals surface area contributed by atoms with E-state index in [1.165, 1.54) is 12.8 Å². The summed E-state index contributed by atoms with van der Waals surface area (Å²) in [5.41, 5.74) is 2.12. The summed E-state index contributed by atoms with van der Waals surface area (Å²) in [4.78, 5) is 15.0. The van der Waals surface area contributed by atoms with Crippen LogP contribution in [0.25, 0.3) is 0 Å². The second-order valence-corrected chi connectivity index (χ2v) is 7.69. The van der Waals surface area contributed by atoms with Crippen LogP contribution in [0.4, 0.5) is 0 Å². The lowest BCUT2D eigenvalue weighted by Gasteiger charge is -2.33. The summed E-state index contributed by atoms with van der Waals surface area (Å²) in [6.45, 7) is 11.1. The summed E-state index contributed by atoms with van der Waals surface area (Å²) in [5, 5.41) is 8.13. The van der Waals surface area contributed by atoms with Crippen LogP contribution >= 0.6 is 0 Å². The van der Waals surface area contributed by atoms with E-state index >= 15 is 0 Å². The van der Waals surface area contributed by atoms with Crippen molar-refractivity contribution < 1.29 is 4.79 Å². The third-order valence-electron chi connectivity index (χ3n) is 5.25. The van der Waals surface area contributed by atoms with E-state index in [0.717, 1.165) is 57.0 Å². The van der Waals surface area contributed by atoms with Crippen molar-refractivity contribution in [3.8, 4) is 0 Å². The molecule has 5 nitrogen and oxygen atoms in total. The van der Waals surface area contributed by atoms with Crippen molar-refractivity contribution >= 4 is 5.91 Å². The number of hydrogen-bond acceptors (Lipinski definition) is 3. The van der Waals surface area contributed by atoms with Gasteiger partial charge in [-0.2, -0.15) is 5.10 Å². The van der Waals surface area contributed by atoms with Crippen LogP contribution in [-0.2, 0) is 13.0 Å². The SMILES string of the molecule is CCn1nc(CC(C)C)cc1C(=O)N1CC[C@@]2(CCCNC2)C1. The molecule has 1 aromatic rings. The molecule has 3 heterocycles. The molecule has 3 rings (SSSR count). The van der Waals surface area contributed by atoms with Gasteiger partial charge in [0.15, 0.2) is 0 Å². The number of rotatable bonds is 4. The Morgan fingerprint density at radius 2 is 2.26 bits per heavy atom. The van der Waals surface area contributed by atoms with Crippen LogP contribution in [0.2, 0.25) is 0 Å². The lowest BCUT2D eigenvalue weighted by atomic mass is 9.80. The molecule has 2 aliphatic rings. The zero-order valence-corrected chi connectivity index (χ0v) is 14.8. The molecule has 2 aliphatic heterocycles. The number of likely N-dealkylation sites (tertiary alicyclic amines) is 1. The minimum Gasteiger partial charge on any atom is -0.337 e. The van der Waals surface area contributed by atoms with Crippen molar-refractivity contribution in [3.05, 3.63) is 17.5 Å². The van der Waals surface area contributed by atoms with Gasteiger partial charge in [-0.1, -0.05) is 13.8 Å². The number of amides is 1. The third-order valence-corrected chi connectivity index (χ3v) is 5.25. The molecule has 5 heteroatoms. The number of carbonyl (C=O) groups excluding carboxylic acids is 1. The molecule has 1 N–H and O–H groups in total. The Labute approximate surface area is 139 Å². The first-order valence-corrected chi connectivity index (χ1v) is 9.10. The van der Waals surface area contributed by atoms with Gasteiger partial charge in [-0.25, -0.2) is 0 Å². The minimum atomic E-state index is 0.164. The summed E-state index contributed by atoms with van der Waals surface area (Å²) in [7, 11) is 0. The van der Waals surface area contributed by atoms with Gasteiger partial charge in [0.2, 0.25) is 0 Å². The monoisotopic (exact) mass is 318 g/mol. The first kappa shape index (κ1) is 16.5. The zero-order chi connectivity index (χ0) is 16.4. The number of aryl methyl sites for hydroxylation is 1. The average Bonchev–Trinajstić information content (AvgIpc) is 3.11. The second-order valence-electron chi connectivity index (χ2n) is 7.69. The summed E-state index contributed by atoms with van der Waals surface area (Å²) in [5.74, 6) is 0.721. The standard InChI is InChI=1S/C18H30N4O/c1-4-22-16(11-15(20-22)10-14(2)3)17(23)21-9-7-18(13-21)6-5-8-19-12-18/h11,14,19H,4-10,12-13H2,1-3H3/t18-/m1/s1. The van der Waals surface area contributed by atoms with Gasteiger partial charge in [-0.05, 0) is 51.1 Å². The molecule has 2 saturated heterocycles. The van der Waals surface area contributed by atoms with E-state index in [1.807, 2.05) is 10.7 Å². The zero-order valence-electron chi connectivity index (χ0n) is 14.8. The van der Waals surface area contributed by atoms with Gasteiger partial charge in [0.05, 0.1) is 5.69 Å². The molecular formula is C18H30N4O. The van der Waals surface area contributed by atoms with E-state index in [4.69, 9.17) is 0 Å². The van der Waals surface area contributed by atoms with Crippen LogP contribution in [0, 0.1) is 11.3 Å². The lowest BCUT2D eigenvalue weighted by molar-refractivity contribution is 0.0752. The number of hydrogen-bond donors (Lipinski definition) is 1. The number of nitrogens with one attached hydrogen (secondary N) is 1. The molecule has 1 amide bonds. The number of nitrogens with zero attached hydrogens (tertiary/aromatic N) is 3. The fraction of sp³-hybridized carbons (Fsp3) is 0.778. The van der Waals surface area contributed by atoms with Gasteiger partial charge in [0, 0.05) is 31.6 Å². The highest BCUT2D eigenvalue weighted by molar-refractivity contribution is 5.93. The molecule has 1 spiro atoms. The maximum absolute atomic E-state index is 13.0. The van der Waals surface area contributed by atoms with E-state index < -0.39 is 0 Å². The van der Waals surface area contributed by atoms with Crippen molar-refractivity contribution in [3.63, 3.8) is 0 Å². The summed E-state index contributed by atoms with van der Waals surface area (Å²) in [6, 6.07) is 2.01. The van der Waals surface area contributed by atoms with Gasteiger partial charge < -0.3 is 10.2 Å². The van der Waals surface area contributed by atoms with Gasteiger partial charge in [-0.15, -0.1) is 0 Å². The minimum absolute atomic E-state index is 0.164. The predicted octanol–water partition coefficient (Wildman–Crippen LogP) is 2.32. The molecule has 0 aromatic carbocycles. The van der Waals surface area contributed by atoms with E-state index in [9.17, 15) is 4.79 Å². The number of carbonyl (C=O) groups is 1. The van der Waals surface area contributed by atoms with Crippen molar-refractivity contribution in [1.29, 1.82) is 0 Å². The Morgan fingerprint density at radius 3 is 2.91 bits per heavy atom. The topological polar surface area (TPSA) is 50.2 Å². The molecule has 1 atom stereocenters. The summed E-state index contributed by atoms with van der Waals surface area (Å²) >= 11 is 0. The van der Waals surface area contributed by atoms with Gasteiger partial charge in [0.25, 0.3) is 5.91 Å². The van der Waals surface area contributed by atoms with E-state index in [1.54, 1.807) is 0 Å². The summed E-state index contributed by atoms with van der Waals surface area (Å²) < 4.78 is 1.88.